The van der Waals surface area contributed by atoms with Crippen LogP contribution >= 0.6 is 23.2 Å². The van der Waals surface area contributed by atoms with Crippen LogP contribution in [0.5, 0.6) is 0 Å². The molecule has 0 amide bonds. The van der Waals surface area contributed by atoms with Gasteiger partial charge in [0.2, 0.25) is 0 Å². The molecular formula is C30H34Cl2F2. The highest BCUT2D eigenvalue weighted by atomic mass is 35.5. The minimum atomic E-state index is -0.329. The molecule has 0 spiro atoms. The van der Waals surface area contributed by atoms with Crippen molar-refractivity contribution in [1.29, 1.82) is 0 Å². The van der Waals surface area contributed by atoms with Gasteiger partial charge in [-0.2, -0.15) is 0 Å². The lowest BCUT2D eigenvalue weighted by molar-refractivity contribution is 0.629. The fourth-order valence-corrected chi connectivity index (χ4v) is 4.82. The van der Waals surface area contributed by atoms with Crippen LogP contribution in [0.15, 0.2) is 48.5 Å². The Labute approximate surface area is 213 Å². The summed E-state index contributed by atoms with van der Waals surface area (Å²) in [4.78, 5) is 0. The summed E-state index contributed by atoms with van der Waals surface area (Å²) in [5, 5.41) is 0.760. The van der Waals surface area contributed by atoms with Gasteiger partial charge in [-0.3, -0.25) is 0 Å². The topological polar surface area (TPSA) is 0 Å². The summed E-state index contributed by atoms with van der Waals surface area (Å²) in [6.07, 6.45) is 10.5. The zero-order chi connectivity index (χ0) is 24.5. The molecule has 0 saturated carbocycles. The first kappa shape index (κ1) is 26.7. The van der Waals surface area contributed by atoms with E-state index in [0.29, 0.717) is 21.2 Å². The van der Waals surface area contributed by atoms with E-state index in [2.05, 4.69) is 26.0 Å². The van der Waals surface area contributed by atoms with Crippen molar-refractivity contribution in [2.24, 2.45) is 0 Å². The van der Waals surface area contributed by atoms with Crippen LogP contribution in [0.3, 0.4) is 0 Å². The van der Waals surface area contributed by atoms with Crippen molar-refractivity contribution in [2.75, 3.05) is 0 Å². The summed E-state index contributed by atoms with van der Waals surface area (Å²) in [7, 11) is 0. The van der Waals surface area contributed by atoms with Gasteiger partial charge in [-0.25, -0.2) is 8.78 Å². The summed E-state index contributed by atoms with van der Waals surface area (Å²) in [6, 6.07) is 13.9. The Hall–Kier alpha value is -1.90. The van der Waals surface area contributed by atoms with Gasteiger partial charge in [0.05, 0.1) is 0 Å². The Kier molecular flexibility index (Phi) is 10.4. The number of unbranched alkanes of at least 4 members (excludes halogenated alkanes) is 6. The molecule has 4 heteroatoms. The molecule has 0 nitrogen and oxygen atoms in total. The van der Waals surface area contributed by atoms with Crippen LogP contribution in [0.4, 0.5) is 8.78 Å². The molecule has 0 aliphatic heterocycles. The maximum Gasteiger partial charge on any atom is 0.132 e. The molecule has 0 unspecified atom stereocenters. The van der Waals surface area contributed by atoms with Gasteiger partial charge >= 0.3 is 0 Å². The lowest BCUT2D eigenvalue weighted by Gasteiger charge is -2.19. The van der Waals surface area contributed by atoms with Crippen molar-refractivity contribution in [2.45, 2.75) is 78.1 Å². The molecule has 34 heavy (non-hydrogen) atoms. The van der Waals surface area contributed by atoms with Gasteiger partial charge in [0.25, 0.3) is 0 Å². The number of hydrogen-bond acceptors (Lipinski definition) is 0. The van der Waals surface area contributed by atoms with Gasteiger partial charge < -0.3 is 0 Å². The number of halogens is 4. The smallest absolute Gasteiger partial charge is 0.132 e. The molecule has 0 aromatic heterocycles. The molecule has 0 bridgehead atoms. The Bertz CT molecular complexity index is 1000. The summed E-state index contributed by atoms with van der Waals surface area (Å²) < 4.78 is 30.0. The van der Waals surface area contributed by atoms with E-state index in [4.69, 9.17) is 23.2 Å². The highest BCUT2D eigenvalue weighted by molar-refractivity contribution is 6.31. The maximum atomic E-state index is 15.0. The molecular weight excluding hydrogens is 469 g/mol. The summed E-state index contributed by atoms with van der Waals surface area (Å²) >= 11 is 12.1. The second-order valence-corrected chi connectivity index (χ2v) is 9.91. The lowest BCUT2D eigenvalue weighted by Crippen LogP contribution is -2.00. The number of rotatable bonds is 12. The highest BCUT2D eigenvalue weighted by Gasteiger charge is 2.18. The first-order chi connectivity index (χ1) is 16.4. The third-order valence-electron chi connectivity index (χ3n) is 6.37. The molecule has 0 aliphatic rings. The van der Waals surface area contributed by atoms with Crippen LogP contribution in [-0.4, -0.2) is 0 Å². The Morgan fingerprint density at radius 2 is 0.941 bits per heavy atom. The van der Waals surface area contributed by atoms with E-state index in [1.165, 1.54) is 25.0 Å². The summed E-state index contributed by atoms with van der Waals surface area (Å²) in [5.41, 5.74) is 4.95. The van der Waals surface area contributed by atoms with Crippen LogP contribution in [0.1, 0.15) is 76.3 Å². The van der Waals surface area contributed by atoms with E-state index < -0.39 is 0 Å². The Morgan fingerprint density at radius 3 is 1.29 bits per heavy atom. The number of benzene rings is 3. The third kappa shape index (κ3) is 7.06. The monoisotopic (exact) mass is 502 g/mol. The molecule has 0 fully saturated rings. The van der Waals surface area contributed by atoms with E-state index in [9.17, 15) is 0 Å². The molecule has 3 rings (SSSR count). The fraction of sp³-hybridized carbons (Fsp3) is 0.400. The van der Waals surface area contributed by atoms with Gasteiger partial charge in [-0.1, -0.05) is 87.7 Å². The van der Waals surface area contributed by atoms with E-state index in [1.54, 1.807) is 24.3 Å². The lowest BCUT2D eigenvalue weighted by atomic mass is 9.86. The van der Waals surface area contributed by atoms with Crippen molar-refractivity contribution < 1.29 is 8.78 Å². The maximum absolute atomic E-state index is 15.0. The molecule has 0 aliphatic carbocycles. The average Bonchev–Trinajstić information content (AvgIpc) is 2.80. The highest BCUT2D eigenvalue weighted by Crippen LogP contribution is 2.37. The van der Waals surface area contributed by atoms with Gasteiger partial charge in [0.15, 0.2) is 0 Å². The predicted molar refractivity (Wildman–Crippen MR) is 143 cm³/mol. The minimum absolute atomic E-state index is 0.329. The van der Waals surface area contributed by atoms with Crippen LogP contribution in [-0.2, 0) is 12.8 Å². The number of hydrogen-bond donors (Lipinski definition) is 0. The van der Waals surface area contributed by atoms with Crippen LogP contribution < -0.4 is 0 Å². The molecule has 0 atom stereocenters. The van der Waals surface area contributed by atoms with E-state index in [0.717, 1.165) is 73.6 Å². The molecule has 182 valence electrons. The molecule has 0 saturated heterocycles. The first-order valence-electron chi connectivity index (χ1n) is 12.5. The second-order valence-electron chi connectivity index (χ2n) is 9.04. The molecule has 0 N–H and O–H groups in total. The van der Waals surface area contributed by atoms with Crippen molar-refractivity contribution >= 4 is 23.2 Å². The van der Waals surface area contributed by atoms with Crippen LogP contribution in [0.25, 0.3) is 22.3 Å². The van der Waals surface area contributed by atoms with Crippen molar-refractivity contribution in [1.82, 2.24) is 0 Å². The van der Waals surface area contributed by atoms with E-state index >= 15 is 8.78 Å². The van der Waals surface area contributed by atoms with E-state index in [1.807, 2.05) is 0 Å². The predicted octanol–water partition coefficient (Wildman–Crippen LogP) is 10.9. The van der Waals surface area contributed by atoms with Gasteiger partial charge in [0.1, 0.15) is 11.6 Å². The first-order valence-corrected chi connectivity index (χ1v) is 13.3. The molecule has 3 aromatic rings. The largest absolute Gasteiger partial charge is 0.206 e. The normalized spacial score (nSPS) is 11.2. The zero-order valence-corrected chi connectivity index (χ0v) is 21.7. The van der Waals surface area contributed by atoms with Crippen LogP contribution in [0, 0.1) is 11.6 Å². The number of aryl methyl sites for hydroxylation is 2. The van der Waals surface area contributed by atoms with E-state index in [-0.39, 0.29) is 11.6 Å². The SMILES string of the molecule is CCCCCCc1cc(-c2ccc(Cl)cc2F)c(CCCCCC)cc1-c1ccc(Cl)cc1F. The van der Waals surface area contributed by atoms with Crippen molar-refractivity contribution in [3.05, 3.63) is 81.3 Å². The van der Waals surface area contributed by atoms with Gasteiger partial charge in [-0.15, -0.1) is 0 Å². The summed E-state index contributed by atoms with van der Waals surface area (Å²) in [6.45, 7) is 4.37. The molecule has 0 heterocycles. The standard InChI is InChI=1S/C30H34Cl2F2/c1-3-5-7-9-11-21-17-28(26-16-14-24(32)20-30(26)34)22(12-10-8-6-4-2)18-27(21)25-15-13-23(31)19-29(25)33/h13-20H,3-12H2,1-2H3. The zero-order valence-electron chi connectivity index (χ0n) is 20.2. The molecule has 3 aromatic carbocycles. The van der Waals surface area contributed by atoms with Crippen molar-refractivity contribution in [3.63, 3.8) is 0 Å². The quantitative estimate of drug-likeness (QED) is 0.216. The minimum Gasteiger partial charge on any atom is -0.206 e. The van der Waals surface area contributed by atoms with Gasteiger partial charge in [-0.05, 0) is 84.3 Å². The van der Waals surface area contributed by atoms with Gasteiger partial charge in [0, 0.05) is 21.2 Å². The Balaban J connectivity index is 2.13. The fourth-order valence-electron chi connectivity index (χ4n) is 4.50. The second kappa shape index (κ2) is 13.3. The third-order valence-corrected chi connectivity index (χ3v) is 6.84. The average molecular weight is 504 g/mol. The summed E-state index contributed by atoms with van der Waals surface area (Å²) in [5.74, 6) is -0.658. The Morgan fingerprint density at radius 1 is 0.529 bits per heavy atom. The van der Waals surface area contributed by atoms with Crippen LogP contribution in [0.2, 0.25) is 10.0 Å². The van der Waals surface area contributed by atoms with Crippen molar-refractivity contribution in [3.8, 4) is 22.3 Å². The molecule has 0 radical (unpaired) electrons.